The number of fused-ring (bicyclic) bond motifs is 4. The van der Waals surface area contributed by atoms with Gasteiger partial charge >= 0.3 is 0 Å². The highest BCUT2D eigenvalue weighted by Gasteiger charge is 2.25. The molecule has 0 unspecified atom stereocenters. The predicted octanol–water partition coefficient (Wildman–Crippen LogP) is 14.9. The van der Waals surface area contributed by atoms with Crippen LogP contribution in [0.4, 0.5) is 17.1 Å². The van der Waals surface area contributed by atoms with Crippen molar-refractivity contribution in [2.24, 2.45) is 0 Å². The van der Waals surface area contributed by atoms with E-state index < -0.39 is 0 Å². The molecular formula is C52H35NO. The average molecular weight is 690 g/mol. The van der Waals surface area contributed by atoms with Gasteiger partial charge in [0.15, 0.2) is 0 Å². The Balaban J connectivity index is 1.28. The standard InChI is InChI=1S/C52H35NO/c1-3-17-36(18-4-1)42-26-9-10-27-45(42)46-28-11-13-31-48(46)53(40-24-15-23-39(35-40)43-30-16-22-37-21-7-8-25-41(37)43)49-34-33-44(38-19-5-2-6-20-38)52-51(49)47-29-12-14-32-50(47)54-52/h1-35H. The molecule has 0 bridgehead atoms. The van der Waals surface area contributed by atoms with Crippen LogP contribution in [0.5, 0.6) is 0 Å². The Hall–Kier alpha value is -7.16. The van der Waals surface area contributed by atoms with Crippen LogP contribution in [-0.2, 0) is 0 Å². The van der Waals surface area contributed by atoms with E-state index in [4.69, 9.17) is 4.42 Å². The van der Waals surface area contributed by atoms with Gasteiger partial charge in [-0.1, -0.05) is 176 Å². The Morgan fingerprint density at radius 1 is 0.333 bits per heavy atom. The van der Waals surface area contributed by atoms with Crippen molar-refractivity contribution in [3.05, 3.63) is 212 Å². The molecule has 2 nitrogen and oxygen atoms in total. The summed E-state index contributed by atoms with van der Waals surface area (Å²) in [7, 11) is 0. The average Bonchev–Trinajstić information content (AvgIpc) is 3.65. The van der Waals surface area contributed by atoms with Crippen molar-refractivity contribution in [1.29, 1.82) is 0 Å². The van der Waals surface area contributed by atoms with E-state index in [0.717, 1.165) is 61.3 Å². The zero-order valence-electron chi connectivity index (χ0n) is 29.6. The fourth-order valence-electron chi connectivity index (χ4n) is 8.02. The van der Waals surface area contributed by atoms with Gasteiger partial charge in [0.2, 0.25) is 0 Å². The Bertz CT molecular complexity index is 2940. The number of para-hydroxylation sites is 2. The van der Waals surface area contributed by atoms with Gasteiger partial charge in [-0.25, -0.2) is 0 Å². The Morgan fingerprint density at radius 2 is 0.907 bits per heavy atom. The molecule has 2 heteroatoms. The van der Waals surface area contributed by atoms with Gasteiger partial charge in [0.1, 0.15) is 11.2 Å². The highest BCUT2D eigenvalue weighted by Crippen LogP contribution is 2.49. The van der Waals surface area contributed by atoms with Gasteiger partial charge < -0.3 is 9.32 Å². The van der Waals surface area contributed by atoms with E-state index in [1.807, 2.05) is 6.07 Å². The first kappa shape index (κ1) is 31.6. The van der Waals surface area contributed by atoms with E-state index in [1.54, 1.807) is 0 Å². The number of furan rings is 1. The van der Waals surface area contributed by atoms with Crippen molar-refractivity contribution in [3.8, 4) is 44.5 Å². The Kier molecular flexibility index (Phi) is 7.85. The van der Waals surface area contributed by atoms with Crippen molar-refractivity contribution in [2.45, 2.75) is 0 Å². The van der Waals surface area contributed by atoms with Gasteiger partial charge in [-0.15, -0.1) is 0 Å². The topological polar surface area (TPSA) is 16.4 Å². The van der Waals surface area contributed by atoms with E-state index in [2.05, 4.69) is 211 Å². The molecule has 54 heavy (non-hydrogen) atoms. The quantitative estimate of drug-likeness (QED) is 0.166. The van der Waals surface area contributed by atoms with Crippen molar-refractivity contribution in [2.75, 3.05) is 4.90 Å². The van der Waals surface area contributed by atoms with E-state index >= 15 is 0 Å². The predicted molar refractivity (Wildman–Crippen MR) is 228 cm³/mol. The molecule has 254 valence electrons. The molecule has 0 saturated heterocycles. The fourth-order valence-corrected chi connectivity index (χ4v) is 8.02. The molecule has 0 amide bonds. The SMILES string of the molecule is c1ccc(-c2ccccc2-c2ccccc2N(c2cccc(-c3cccc4ccccc34)c2)c2ccc(-c3ccccc3)c3oc4ccccc4c23)cc1. The van der Waals surface area contributed by atoms with Crippen molar-refractivity contribution < 1.29 is 4.42 Å². The molecule has 0 aliphatic rings. The van der Waals surface area contributed by atoms with Crippen LogP contribution in [0.25, 0.3) is 77.2 Å². The van der Waals surface area contributed by atoms with Gasteiger partial charge in [-0.05, 0) is 80.6 Å². The lowest BCUT2D eigenvalue weighted by atomic mass is 9.92. The number of hydrogen-bond acceptors (Lipinski definition) is 2. The molecule has 0 fully saturated rings. The van der Waals surface area contributed by atoms with Gasteiger partial charge in [-0.2, -0.15) is 0 Å². The van der Waals surface area contributed by atoms with E-state index in [9.17, 15) is 0 Å². The summed E-state index contributed by atoms with van der Waals surface area (Å²) in [5.41, 5.74) is 14.2. The third-order valence-corrected chi connectivity index (χ3v) is 10.5. The first-order valence-electron chi connectivity index (χ1n) is 18.4. The largest absolute Gasteiger partial charge is 0.455 e. The fraction of sp³-hybridized carbons (Fsp3) is 0. The van der Waals surface area contributed by atoms with E-state index in [-0.39, 0.29) is 0 Å². The molecule has 9 aromatic carbocycles. The minimum atomic E-state index is 0.865. The first-order chi connectivity index (χ1) is 26.8. The third kappa shape index (κ3) is 5.44. The maximum atomic E-state index is 6.81. The molecule has 0 aliphatic heterocycles. The van der Waals surface area contributed by atoms with Crippen LogP contribution in [0.15, 0.2) is 217 Å². The van der Waals surface area contributed by atoms with Crippen molar-refractivity contribution in [3.63, 3.8) is 0 Å². The van der Waals surface area contributed by atoms with Crippen LogP contribution in [0.2, 0.25) is 0 Å². The number of anilines is 3. The smallest absolute Gasteiger partial charge is 0.145 e. The highest BCUT2D eigenvalue weighted by atomic mass is 16.3. The third-order valence-electron chi connectivity index (χ3n) is 10.5. The number of rotatable bonds is 7. The van der Waals surface area contributed by atoms with Crippen molar-refractivity contribution in [1.82, 2.24) is 0 Å². The molecule has 0 atom stereocenters. The molecule has 0 spiro atoms. The minimum Gasteiger partial charge on any atom is -0.455 e. The van der Waals surface area contributed by atoms with Gasteiger partial charge in [0.05, 0.1) is 16.8 Å². The lowest BCUT2D eigenvalue weighted by Crippen LogP contribution is -2.12. The summed E-state index contributed by atoms with van der Waals surface area (Å²) < 4.78 is 6.81. The highest BCUT2D eigenvalue weighted by molar-refractivity contribution is 6.17. The number of nitrogens with zero attached hydrogens (tertiary/aromatic N) is 1. The van der Waals surface area contributed by atoms with Gasteiger partial charge in [0, 0.05) is 22.2 Å². The monoisotopic (exact) mass is 689 g/mol. The van der Waals surface area contributed by atoms with Crippen LogP contribution in [0, 0.1) is 0 Å². The minimum absolute atomic E-state index is 0.865. The maximum Gasteiger partial charge on any atom is 0.145 e. The lowest BCUT2D eigenvalue weighted by Gasteiger charge is -2.29. The molecule has 0 N–H and O–H groups in total. The molecule has 10 rings (SSSR count). The van der Waals surface area contributed by atoms with Crippen LogP contribution < -0.4 is 4.90 Å². The maximum absolute atomic E-state index is 6.81. The molecular weight excluding hydrogens is 655 g/mol. The normalized spacial score (nSPS) is 11.3. The van der Waals surface area contributed by atoms with Crippen LogP contribution in [-0.4, -0.2) is 0 Å². The van der Waals surface area contributed by atoms with Crippen LogP contribution >= 0.6 is 0 Å². The molecule has 0 radical (unpaired) electrons. The van der Waals surface area contributed by atoms with Gasteiger partial charge in [-0.3, -0.25) is 0 Å². The van der Waals surface area contributed by atoms with Crippen LogP contribution in [0.3, 0.4) is 0 Å². The van der Waals surface area contributed by atoms with Crippen LogP contribution in [0.1, 0.15) is 0 Å². The van der Waals surface area contributed by atoms with Crippen molar-refractivity contribution >= 4 is 49.8 Å². The zero-order chi connectivity index (χ0) is 35.8. The summed E-state index contributed by atoms with van der Waals surface area (Å²) in [5.74, 6) is 0. The molecule has 0 saturated carbocycles. The molecule has 1 aromatic heterocycles. The summed E-state index contributed by atoms with van der Waals surface area (Å²) in [5, 5.41) is 4.62. The lowest BCUT2D eigenvalue weighted by molar-refractivity contribution is 0.670. The molecule has 10 aromatic rings. The summed E-state index contributed by atoms with van der Waals surface area (Å²) in [6.45, 7) is 0. The Morgan fingerprint density at radius 3 is 1.72 bits per heavy atom. The van der Waals surface area contributed by atoms with E-state index in [0.29, 0.717) is 0 Å². The second kappa shape index (κ2) is 13.4. The summed E-state index contributed by atoms with van der Waals surface area (Å²) in [6.07, 6.45) is 0. The second-order valence-electron chi connectivity index (χ2n) is 13.6. The molecule has 0 aliphatic carbocycles. The molecule has 1 heterocycles. The number of hydrogen-bond donors (Lipinski definition) is 0. The Labute approximate surface area is 314 Å². The zero-order valence-corrected chi connectivity index (χ0v) is 29.6. The second-order valence-corrected chi connectivity index (χ2v) is 13.6. The first-order valence-corrected chi connectivity index (χ1v) is 18.4. The summed E-state index contributed by atoms with van der Waals surface area (Å²) >= 11 is 0. The number of benzene rings is 9. The summed E-state index contributed by atoms with van der Waals surface area (Å²) in [4.78, 5) is 2.44. The van der Waals surface area contributed by atoms with E-state index in [1.165, 1.54) is 33.0 Å². The summed E-state index contributed by atoms with van der Waals surface area (Å²) in [6, 6.07) is 75.8. The van der Waals surface area contributed by atoms with Gasteiger partial charge in [0.25, 0.3) is 0 Å².